The Labute approximate surface area is 207 Å². The molecule has 0 spiro atoms. The quantitative estimate of drug-likeness (QED) is 0.201. The first-order chi connectivity index (χ1) is 15.4. The van der Waals surface area contributed by atoms with Crippen LogP contribution in [0.2, 0.25) is 51.9 Å². The number of carbonyl (C=O) groups excluding carboxylic acids is 2. The molecule has 1 aliphatic rings. The van der Waals surface area contributed by atoms with Crippen LogP contribution >= 0.6 is 0 Å². The second-order valence-electron chi connectivity index (χ2n) is 11.1. The number of ether oxygens (including phenoxy) is 2. The Hall–Kier alpha value is -1.54. The molecular formula is C23H42O8Si3. The third-order valence-electron chi connectivity index (χ3n) is 5.24. The second-order valence-corrected chi connectivity index (χ2v) is 23.9. The zero-order valence-corrected chi connectivity index (χ0v) is 24.8. The smallest absolute Gasteiger partial charge is 0.334 e. The Morgan fingerprint density at radius 2 is 1.50 bits per heavy atom. The van der Waals surface area contributed by atoms with Crippen LogP contribution in [0.5, 0.6) is 0 Å². The monoisotopic (exact) mass is 530 g/mol. The average Bonchev–Trinajstić information content (AvgIpc) is 2.64. The summed E-state index contributed by atoms with van der Waals surface area (Å²) in [4.78, 5) is 35.1. The molecule has 1 aliphatic carbocycles. The second kappa shape index (κ2) is 12.4. The van der Waals surface area contributed by atoms with E-state index in [4.69, 9.17) is 22.8 Å². The molecule has 8 nitrogen and oxygen atoms in total. The molecule has 1 saturated carbocycles. The Morgan fingerprint density at radius 3 is 1.97 bits per heavy atom. The van der Waals surface area contributed by atoms with Crippen molar-refractivity contribution in [1.29, 1.82) is 0 Å². The molecule has 0 aliphatic heterocycles. The summed E-state index contributed by atoms with van der Waals surface area (Å²) < 4.78 is 24.2. The minimum absolute atomic E-state index is 0.143. The molecular weight excluding hydrogens is 489 g/mol. The SMILES string of the molecule is C=CC(=O)OC1CCC(CC[Si](C)(O[Si](C)(C)C)O[Si](C)(C)C)CC1OC(=O)C(=C)CC(=O)O. The van der Waals surface area contributed by atoms with Crippen LogP contribution in [0.15, 0.2) is 24.8 Å². The van der Waals surface area contributed by atoms with Gasteiger partial charge in [0.05, 0.1) is 6.42 Å². The van der Waals surface area contributed by atoms with Crippen LogP contribution in [0.1, 0.15) is 32.1 Å². The molecule has 0 aromatic heterocycles. The summed E-state index contributed by atoms with van der Waals surface area (Å²) in [5.74, 6) is -2.30. The van der Waals surface area contributed by atoms with Crippen molar-refractivity contribution in [2.24, 2.45) is 5.92 Å². The van der Waals surface area contributed by atoms with Crippen LogP contribution in [0.4, 0.5) is 0 Å². The van der Waals surface area contributed by atoms with Gasteiger partial charge in [-0.2, -0.15) is 0 Å². The fourth-order valence-corrected chi connectivity index (χ4v) is 16.9. The molecule has 0 bridgehead atoms. The maximum absolute atomic E-state index is 12.4. The van der Waals surface area contributed by atoms with E-state index in [1.165, 1.54) is 0 Å². The van der Waals surface area contributed by atoms with E-state index in [1.807, 2.05) is 0 Å². The number of rotatable bonds is 13. The van der Waals surface area contributed by atoms with Crippen LogP contribution in [0, 0.1) is 5.92 Å². The fraction of sp³-hybridized carbons (Fsp3) is 0.696. The lowest BCUT2D eigenvalue weighted by Crippen LogP contribution is -2.52. The van der Waals surface area contributed by atoms with Crippen molar-refractivity contribution < 1.29 is 37.2 Å². The molecule has 0 heterocycles. The molecule has 0 saturated heterocycles. The van der Waals surface area contributed by atoms with E-state index in [0.29, 0.717) is 12.8 Å². The third kappa shape index (κ3) is 11.7. The molecule has 1 fully saturated rings. The highest BCUT2D eigenvalue weighted by Crippen LogP contribution is 2.35. The van der Waals surface area contributed by atoms with E-state index in [9.17, 15) is 14.4 Å². The van der Waals surface area contributed by atoms with Gasteiger partial charge in [-0.05, 0) is 83.5 Å². The van der Waals surface area contributed by atoms with Gasteiger partial charge in [0.25, 0.3) is 0 Å². The lowest BCUT2D eigenvalue weighted by Gasteiger charge is -2.40. The first-order valence-corrected chi connectivity index (χ1v) is 21.1. The molecule has 0 radical (unpaired) electrons. The van der Waals surface area contributed by atoms with Crippen LogP contribution in [-0.2, 0) is 32.1 Å². The van der Waals surface area contributed by atoms with Crippen LogP contribution < -0.4 is 0 Å². The summed E-state index contributed by atoms with van der Waals surface area (Å²) in [6.07, 6.45) is 1.99. The van der Waals surface area contributed by atoms with Gasteiger partial charge in [-0.25, -0.2) is 9.59 Å². The molecule has 1 N–H and O–H groups in total. The first-order valence-electron chi connectivity index (χ1n) is 11.8. The molecule has 194 valence electrons. The largest absolute Gasteiger partial charge is 0.481 e. The van der Waals surface area contributed by atoms with Crippen molar-refractivity contribution in [3.05, 3.63) is 24.8 Å². The van der Waals surface area contributed by atoms with Crippen LogP contribution in [0.3, 0.4) is 0 Å². The normalized spacial score (nSPS) is 21.4. The van der Waals surface area contributed by atoms with Gasteiger partial charge in [0, 0.05) is 11.6 Å². The van der Waals surface area contributed by atoms with Crippen LogP contribution in [-0.4, -0.2) is 60.4 Å². The van der Waals surface area contributed by atoms with Crippen molar-refractivity contribution in [3.63, 3.8) is 0 Å². The van der Waals surface area contributed by atoms with Gasteiger partial charge < -0.3 is 22.8 Å². The predicted octanol–water partition coefficient (Wildman–Crippen LogP) is 4.99. The van der Waals surface area contributed by atoms with Crippen molar-refractivity contribution in [2.45, 2.75) is 96.2 Å². The highest BCUT2D eigenvalue weighted by atomic mass is 28.5. The summed E-state index contributed by atoms with van der Waals surface area (Å²) in [7, 11) is -6.02. The van der Waals surface area contributed by atoms with Crippen molar-refractivity contribution >= 4 is 43.1 Å². The van der Waals surface area contributed by atoms with Gasteiger partial charge in [-0.3, -0.25) is 4.79 Å². The van der Waals surface area contributed by atoms with Crippen molar-refractivity contribution in [3.8, 4) is 0 Å². The maximum atomic E-state index is 12.4. The Bertz CT molecular complexity index is 753. The number of aliphatic carboxylic acids is 1. The highest BCUT2D eigenvalue weighted by molar-refractivity contribution is 6.87. The summed E-state index contributed by atoms with van der Waals surface area (Å²) in [5, 5.41) is 8.93. The zero-order valence-electron chi connectivity index (χ0n) is 21.8. The van der Waals surface area contributed by atoms with Gasteiger partial charge >= 0.3 is 26.5 Å². The van der Waals surface area contributed by atoms with E-state index >= 15 is 0 Å². The Balaban J connectivity index is 2.94. The highest BCUT2D eigenvalue weighted by Gasteiger charge is 2.42. The average molecular weight is 531 g/mol. The number of esters is 2. The molecule has 1 rings (SSSR count). The van der Waals surface area contributed by atoms with Gasteiger partial charge in [-0.1, -0.05) is 13.2 Å². The van der Waals surface area contributed by atoms with E-state index in [2.05, 4.69) is 59.0 Å². The molecule has 0 aromatic carbocycles. The van der Waals surface area contributed by atoms with Gasteiger partial charge in [-0.15, -0.1) is 0 Å². The van der Waals surface area contributed by atoms with E-state index in [0.717, 1.165) is 25.0 Å². The summed E-state index contributed by atoms with van der Waals surface area (Å²) in [5.41, 5.74) is -0.143. The number of hydrogen-bond donors (Lipinski definition) is 1. The van der Waals surface area contributed by atoms with Crippen LogP contribution in [0.25, 0.3) is 0 Å². The van der Waals surface area contributed by atoms with Gasteiger partial charge in [0.15, 0.2) is 16.6 Å². The van der Waals surface area contributed by atoms with Gasteiger partial charge in [0.1, 0.15) is 12.2 Å². The minimum Gasteiger partial charge on any atom is -0.481 e. The summed E-state index contributed by atoms with van der Waals surface area (Å²) in [6.45, 7) is 22.1. The van der Waals surface area contributed by atoms with Gasteiger partial charge in [0.2, 0.25) is 0 Å². The predicted molar refractivity (Wildman–Crippen MR) is 139 cm³/mol. The Morgan fingerprint density at radius 1 is 0.941 bits per heavy atom. The van der Waals surface area contributed by atoms with Crippen molar-refractivity contribution in [2.75, 3.05) is 0 Å². The number of carbonyl (C=O) groups is 3. The fourth-order valence-electron chi connectivity index (χ4n) is 4.26. The Kier molecular flexibility index (Phi) is 11.1. The minimum atomic E-state index is -2.41. The summed E-state index contributed by atoms with van der Waals surface area (Å²) in [6, 6.07) is 0.829. The van der Waals surface area contributed by atoms with E-state index in [1.54, 1.807) is 0 Å². The molecule has 3 atom stereocenters. The maximum Gasteiger partial charge on any atom is 0.334 e. The van der Waals surface area contributed by atoms with Crippen molar-refractivity contribution in [1.82, 2.24) is 0 Å². The number of hydrogen-bond acceptors (Lipinski definition) is 7. The number of carboxylic acids is 1. The zero-order chi connectivity index (χ0) is 26.3. The molecule has 3 unspecified atom stereocenters. The topological polar surface area (TPSA) is 108 Å². The number of carboxylic acid groups (broad SMARTS) is 1. The summed E-state index contributed by atoms with van der Waals surface area (Å²) >= 11 is 0. The van der Waals surface area contributed by atoms with E-state index in [-0.39, 0.29) is 11.5 Å². The molecule has 0 amide bonds. The standard InChI is InChI=1S/C23H42O8Si3/c1-10-22(26)28-19-12-11-18(16-20(19)29-23(27)17(2)15-21(24)25)13-14-34(9,30-32(3,4)5)31-33(6,7)8/h10,18-20H,1-2,11-16H2,3-9H3,(H,24,25). The molecule has 34 heavy (non-hydrogen) atoms. The molecule has 0 aromatic rings. The third-order valence-corrected chi connectivity index (χ3v) is 14.8. The van der Waals surface area contributed by atoms with E-state index < -0.39 is 61.7 Å². The first kappa shape index (κ1) is 30.5. The molecule has 11 heteroatoms. The lowest BCUT2D eigenvalue weighted by atomic mass is 9.83. The lowest BCUT2D eigenvalue weighted by molar-refractivity contribution is -0.168.